The summed E-state index contributed by atoms with van der Waals surface area (Å²) >= 11 is 2.80. The van der Waals surface area contributed by atoms with Crippen LogP contribution in [0.2, 0.25) is 0 Å². The normalized spacial score (nSPS) is 11.4. The number of hydrogen-bond donors (Lipinski definition) is 0. The van der Waals surface area contributed by atoms with Gasteiger partial charge in [0.05, 0.1) is 0 Å². The smallest absolute Gasteiger partial charge is 0.254 e. The van der Waals surface area contributed by atoms with Gasteiger partial charge in [0.2, 0.25) is 0 Å². The number of rotatable bonds is 2. The predicted octanol–water partition coefficient (Wildman–Crippen LogP) is 3.04. The molecule has 0 aliphatic rings. The summed E-state index contributed by atoms with van der Waals surface area (Å²) < 4.78 is 37.5. The predicted molar refractivity (Wildman–Crippen MR) is 44.2 cm³/mol. The fraction of sp³-hybridized carbons (Fsp3) is 0.125. The van der Waals surface area contributed by atoms with Crippen molar-refractivity contribution in [1.29, 1.82) is 0 Å². The van der Waals surface area contributed by atoms with E-state index >= 15 is 0 Å². The number of alkyl halides is 2. The lowest BCUT2D eigenvalue weighted by Crippen LogP contribution is -2.22. The van der Waals surface area contributed by atoms with Crippen LogP contribution in [-0.4, -0.2) is 6.04 Å². The molecule has 0 N–H and O–H groups in total. The number of carbonyl (C=O) groups is 1. The molecule has 0 saturated heterocycles. The van der Waals surface area contributed by atoms with Crippen molar-refractivity contribution in [3.05, 3.63) is 34.3 Å². The maximum absolute atomic E-state index is 12.8. The van der Waals surface area contributed by atoms with Crippen molar-refractivity contribution in [2.24, 2.45) is 0 Å². The van der Waals surface area contributed by atoms with Crippen LogP contribution < -0.4 is 0 Å². The zero-order valence-electron chi connectivity index (χ0n) is 6.23. The highest BCUT2D eigenvalue weighted by Crippen LogP contribution is 2.34. The maximum Gasteiger partial charge on any atom is 0.375 e. The van der Waals surface area contributed by atoms with E-state index in [0.717, 1.165) is 6.07 Å². The largest absolute Gasteiger partial charge is 0.375 e. The van der Waals surface area contributed by atoms with Gasteiger partial charge in [-0.1, -0.05) is 34.1 Å². The van der Waals surface area contributed by atoms with Crippen LogP contribution >= 0.6 is 15.9 Å². The van der Waals surface area contributed by atoms with Gasteiger partial charge in [0.25, 0.3) is 0 Å². The molecule has 5 heteroatoms. The van der Waals surface area contributed by atoms with Gasteiger partial charge in [-0.05, 0) is 6.07 Å². The van der Waals surface area contributed by atoms with Crippen LogP contribution in [0.1, 0.15) is 5.56 Å². The molecule has 0 fully saturated rings. The molecule has 13 heavy (non-hydrogen) atoms. The molecule has 0 atom stereocenters. The summed E-state index contributed by atoms with van der Waals surface area (Å²) in [5, 5.41) is 0. The van der Waals surface area contributed by atoms with Crippen molar-refractivity contribution < 1.29 is 18.0 Å². The van der Waals surface area contributed by atoms with Gasteiger partial charge in [-0.2, -0.15) is 13.2 Å². The highest BCUT2D eigenvalue weighted by molar-refractivity contribution is 9.10. The lowest BCUT2D eigenvalue weighted by molar-refractivity contribution is -0.157. The molecule has 1 aromatic carbocycles. The maximum atomic E-state index is 12.8. The van der Waals surface area contributed by atoms with Crippen LogP contribution in [-0.2, 0) is 10.7 Å². The Morgan fingerprint density at radius 2 is 1.85 bits per heavy atom. The van der Waals surface area contributed by atoms with E-state index in [2.05, 4.69) is 15.9 Å². The van der Waals surface area contributed by atoms with Crippen molar-refractivity contribution >= 4 is 22.0 Å². The van der Waals surface area contributed by atoms with Crippen LogP contribution in [0.3, 0.4) is 0 Å². The number of carbonyl (C=O) groups excluding carboxylic acids is 1. The highest BCUT2D eigenvalue weighted by atomic mass is 79.9. The first-order valence-electron chi connectivity index (χ1n) is 3.29. The number of halogens is 4. The Bertz CT molecular complexity index is 338. The Hall–Kier alpha value is -0.840. The standard InChI is InChI=1S/C8H4BrF3O/c9-6-4-2-1-3-5(6)8(11,12)7(10)13/h1-4H. The van der Waals surface area contributed by atoms with E-state index in [-0.39, 0.29) is 4.47 Å². The topological polar surface area (TPSA) is 17.1 Å². The molecule has 0 aliphatic carbocycles. The molecule has 70 valence electrons. The summed E-state index contributed by atoms with van der Waals surface area (Å²) in [5.41, 5.74) is -0.664. The lowest BCUT2D eigenvalue weighted by Gasteiger charge is -2.11. The SMILES string of the molecule is O=C(F)C(F)(F)c1ccccc1Br. The summed E-state index contributed by atoms with van der Waals surface area (Å²) in [6, 6.07) is 2.44. The quantitative estimate of drug-likeness (QED) is 0.740. The van der Waals surface area contributed by atoms with Gasteiger partial charge in [-0.25, -0.2) is 0 Å². The fourth-order valence-electron chi connectivity index (χ4n) is 0.822. The van der Waals surface area contributed by atoms with Crippen molar-refractivity contribution in [1.82, 2.24) is 0 Å². The molecule has 0 aromatic heterocycles. The molecule has 0 spiro atoms. The minimum Gasteiger partial charge on any atom is -0.254 e. The van der Waals surface area contributed by atoms with Crippen LogP contribution in [0.4, 0.5) is 13.2 Å². The van der Waals surface area contributed by atoms with Gasteiger partial charge in [-0.15, -0.1) is 0 Å². The first kappa shape index (κ1) is 10.2. The van der Waals surface area contributed by atoms with Gasteiger partial charge in [0.1, 0.15) is 0 Å². The molecule has 0 radical (unpaired) electrons. The molecule has 0 amide bonds. The van der Waals surface area contributed by atoms with Crippen molar-refractivity contribution in [2.45, 2.75) is 5.92 Å². The van der Waals surface area contributed by atoms with E-state index in [9.17, 15) is 18.0 Å². The second kappa shape index (κ2) is 3.49. The number of hydrogen-bond acceptors (Lipinski definition) is 1. The van der Waals surface area contributed by atoms with Crippen LogP contribution in [0.25, 0.3) is 0 Å². The van der Waals surface area contributed by atoms with E-state index in [4.69, 9.17) is 0 Å². The summed E-state index contributed by atoms with van der Waals surface area (Å²) in [4.78, 5) is 9.98. The molecule has 1 aromatic rings. The number of benzene rings is 1. The molecule has 0 heterocycles. The third-order valence-corrected chi connectivity index (χ3v) is 2.15. The molecule has 0 saturated carbocycles. The molecule has 1 rings (SSSR count). The van der Waals surface area contributed by atoms with Crippen LogP contribution in [0, 0.1) is 0 Å². The lowest BCUT2D eigenvalue weighted by atomic mass is 10.1. The molecule has 0 bridgehead atoms. The van der Waals surface area contributed by atoms with Gasteiger partial charge in [0, 0.05) is 10.0 Å². The van der Waals surface area contributed by atoms with Gasteiger partial charge in [-0.3, -0.25) is 4.79 Å². The minimum absolute atomic E-state index is 0.00556. The van der Waals surface area contributed by atoms with E-state index in [0.29, 0.717) is 0 Å². The average Bonchev–Trinajstić information content (AvgIpc) is 2.04. The molecular weight excluding hydrogens is 249 g/mol. The Labute approximate surface area is 80.7 Å². The van der Waals surface area contributed by atoms with Crippen LogP contribution in [0.5, 0.6) is 0 Å². The first-order valence-corrected chi connectivity index (χ1v) is 4.08. The van der Waals surface area contributed by atoms with E-state index < -0.39 is 17.5 Å². The van der Waals surface area contributed by atoms with E-state index in [1.165, 1.54) is 18.2 Å². The summed E-state index contributed by atoms with van der Waals surface area (Å²) in [6.07, 6.45) is 0. The zero-order chi connectivity index (χ0) is 10.1. The minimum atomic E-state index is -4.07. The summed E-state index contributed by atoms with van der Waals surface area (Å²) in [5.74, 6) is -4.07. The monoisotopic (exact) mass is 252 g/mol. The van der Waals surface area contributed by atoms with Gasteiger partial charge < -0.3 is 0 Å². The second-order valence-corrected chi connectivity index (χ2v) is 3.18. The van der Waals surface area contributed by atoms with Crippen molar-refractivity contribution in [3.63, 3.8) is 0 Å². The van der Waals surface area contributed by atoms with Crippen molar-refractivity contribution in [3.8, 4) is 0 Å². The molecule has 1 nitrogen and oxygen atoms in total. The third-order valence-electron chi connectivity index (χ3n) is 1.46. The Morgan fingerprint density at radius 3 is 2.31 bits per heavy atom. The average molecular weight is 253 g/mol. The molecule has 0 unspecified atom stereocenters. The zero-order valence-corrected chi connectivity index (χ0v) is 7.82. The first-order chi connectivity index (χ1) is 5.96. The molecular formula is C8H4BrF3O. The van der Waals surface area contributed by atoms with Crippen molar-refractivity contribution in [2.75, 3.05) is 0 Å². The van der Waals surface area contributed by atoms with E-state index in [1.807, 2.05) is 0 Å². The van der Waals surface area contributed by atoms with Gasteiger partial charge in [0.15, 0.2) is 0 Å². The van der Waals surface area contributed by atoms with Crippen LogP contribution in [0.15, 0.2) is 28.7 Å². The second-order valence-electron chi connectivity index (χ2n) is 2.33. The Morgan fingerprint density at radius 1 is 1.31 bits per heavy atom. The Balaban J connectivity index is 3.22. The third kappa shape index (κ3) is 1.91. The summed E-state index contributed by atoms with van der Waals surface area (Å²) in [6.45, 7) is 0. The fourth-order valence-corrected chi connectivity index (χ4v) is 1.36. The Kier molecular flexibility index (Phi) is 2.75. The van der Waals surface area contributed by atoms with E-state index in [1.54, 1.807) is 0 Å². The van der Waals surface area contributed by atoms with Gasteiger partial charge >= 0.3 is 12.0 Å². The highest BCUT2D eigenvalue weighted by Gasteiger charge is 2.42. The summed E-state index contributed by atoms with van der Waals surface area (Å²) in [7, 11) is 0. The molecule has 0 aliphatic heterocycles.